The molecule has 3 aromatic rings. The number of carbonyl (C=O) groups excluding carboxylic acids is 3. The summed E-state index contributed by atoms with van der Waals surface area (Å²) >= 11 is 0. The van der Waals surface area contributed by atoms with E-state index in [9.17, 15) is 14.4 Å². The Hall–Kier alpha value is -3.67. The Kier molecular flexibility index (Phi) is 4.05. The van der Waals surface area contributed by atoms with E-state index in [4.69, 9.17) is 4.42 Å². The molecular weight excluding hydrogens is 368 g/mol. The molecule has 0 atom stereocenters. The Morgan fingerprint density at radius 1 is 0.966 bits per heavy atom. The van der Waals surface area contributed by atoms with Gasteiger partial charge in [-0.1, -0.05) is 18.2 Å². The Morgan fingerprint density at radius 3 is 2.62 bits per heavy atom. The summed E-state index contributed by atoms with van der Waals surface area (Å²) in [5.41, 5.74) is 3.03. The number of rotatable bonds is 3. The lowest BCUT2D eigenvalue weighted by Crippen LogP contribution is -2.35. The Bertz CT molecular complexity index is 1130. The normalized spacial score (nSPS) is 15.4. The monoisotopic (exact) mass is 386 g/mol. The standard InChI is InChI=1S/C23H18N2O4/c26-21(24-11-3-6-15-5-1-2-8-20(15)24)16-9-10-18-19(13-16)23(28)25(22(18)27)14-17-7-4-12-29-17/h1-2,4-5,7-10,12-13H,3,6,11,14H2. The maximum atomic E-state index is 13.2. The lowest BCUT2D eigenvalue weighted by Gasteiger charge is -2.29. The van der Waals surface area contributed by atoms with Crippen molar-refractivity contribution in [2.45, 2.75) is 19.4 Å². The number of anilines is 1. The molecule has 2 aliphatic heterocycles. The number of amides is 3. The lowest BCUT2D eigenvalue weighted by molar-refractivity contribution is 0.0631. The first-order chi connectivity index (χ1) is 14.1. The maximum absolute atomic E-state index is 13.2. The van der Waals surface area contributed by atoms with Crippen LogP contribution in [0.1, 0.15) is 48.8 Å². The van der Waals surface area contributed by atoms with Gasteiger partial charge in [0.2, 0.25) is 0 Å². The zero-order valence-corrected chi connectivity index (χ0v) is 15.6. The van der Waals surface area contributed by atoms with Crippen LogP contribution in [-0.2, 0) is 13.0 Å². The van der Waals surface area contributed by atoms with Gasteiger partial charge in [0, 0.05) is 17.8 Å². The summed E-state index contributed by atoms with van der Waals surface area (Å²) in [6, 6.07) is 16.0. The van der Waals surface area contributed by atoms with Gasteiger partial charge >= 0.3 is 0 Å². The van der Waals surface area contributed by atoms with E-state index in [-0.39, 0.29) is 23.9 Å². The summed E-state index contributed by atoms with van der Waals surface area (Å²) in [6.07, 6.45) is 3.33. The Morgan fingerprint density at radius 2 is 1.79 bits per heavy atom. The summed E-state index contributed by atoms with van der Waals surface area (Å²) in [7, 11) is 0. The van der Waals surface area contributed by atoms with Crippen LogP contribution < -0.4 is 4.90 Å². The number of carbonyl (C=O) groups is 3. The molecule has 0 unspecified atom stereocenters. The van der Waals surface area contributed by atoms with E-state index in [0.29, 0.717) is 23.4 Å². The molecule has 0 spiro atoms. The molecule has 0 bridgehead atoms. The first-order valence-electron chi connectivity index (χ1n) is 9.56. The molecule has 2 aliphatic rings. The van der Waals surface area contributed by atoms with Crippen LogP contribution in [0.2, 0.25) is 0 Å². The van der Waals surface area contributed by atoms with Crippen LogP contribution in [0.15, 0.2) is 65.3 Å². The molecular formula is C23H18N2O4. The number of hydrogen-bond donors (Lipinski definition) is 0. The smallest absolute Gasteiger partial charge is 0.261 e. The van der Waals surface area contributed by atoms with Crippen molar-refractivity contribution in [1.82, 2.24) is 4.90 Å². The van der Waals surface area contributed by atoms with Gasteiger partial charge in [0.25, 0.3) is 17.7 Å². The number of benzene rings is 2. The van der Waals surface area contributed by atoms with Gasteiger partial charge in [-0.05, 0) is 54.8 Å². The van der Waals surface area contributed by atoms with Gasteiger partial charge in [-0.3, -0.25) is 19.3 Å². The minimum Gasteiger partial charge on any atom is -0.467 e. The predicted octanol–water partition coefficient (Wildman–Crippen LogP) is 3.67. The Labute approximate surface area is 167 Å². The largest absolute Gasteiger partial charge is 0.467 e. The highest BCUT2D eigenvalue weighted by Crippen LogP contribution is 2.30. The number of hydrogen-bond acceptors (Lipinski definition) is 4. The third kappa shape index (κ3) is 2.84. The average Bonchev–Trinajstić information content (AvgIpc) is 3.36. The third-order valence-electron chi connectivity index (χ3n) is 5.47. The number of imide groups is 1. The van der Waals surface area contributed by atoms with Crippen molar-refractivity contribution in [1.29, 1.82) is 0 Å². The van der Waals surface area contributed by atoms with Crippen molar-refractivity contribution in [3.05, 3.63) is 88.9 Å². The predicted molar refractivity (Wildman–Crippen MR) is 106 cm³/mol. The second-order valence-electron chi connectivity index (χ2n) is 7.23. The lowest BCUT2D eigenvalue weighted by atomic mass is 9.99. The minimum absolute atomic E-state index is 0.0716. The van der Waals surface area contributed by atoms with Crippen molar-refractivity contribution < 1.29 is 18.8 Å². The zero-order chi connectivity index (χ0) is 20.0. The maximum Gasteiger partial charge on any atom is 0.261 e. The quantitative estimate of drug-likeness (QED) is 0.644. The van der Waals surface area contributed by atoms with Gasteiger partial charge in [-0.15, -0.1) is 0 Å². The van der Waals surface area contributed by atoms with Crippen LogP contribution >= 0.6 is 0 Å². The average molecular weight is 386 g/mol. The van der Waals surface area contributed by atoms with Gasteiger partial charge in [-0.25, -0.2) is 0 Å². The first kappa shape index (κ1) is 17.4. The van der Waals surface area contributed by atoms with Crippen LogP contribution in [0, 0.1) is 0 Å². The highest BCUT2D eigenvalue weighted by Gasteiger charge is 2.37. The Balaban J connectivity index is 1.45. The van der Waals surface area contributed by atoms with Crippen molar-refractivity contribution in [2.75, 3.05) is 11.4 Å². The van der Waals surface area contributed by atoms with E-state index >= 15 is 0 Å². The zero-order valence-electron chi connectivity index (χ0n) is 15.6. The molecule has 3 amide bonds. The fourth-order valence-electron chi connectivity index (χ4n) is 4.03. The first-order valence-corrected chi connectivity index (χ1v) is 9.56. The van der Waals surface area contributed by atoms with Crippen LogP contribution in [0.4, 0.5) is 5.69 Å². The fourth-order valence-corrected chi connectivity index (χ4v) is 4.03. The second kappa shape index (κ2) is 6.74. The van der Waals surface area contributed by atoms with E-state index in [1.54, 1.807) is 29.2 Å². The van der Waals surface area contributed by atoms with Gasteiger partial charge in [0.15, 0.2) is 0 Å². The van der Waals surface area contributed by atoms with Gasteiger partial charge in [-0.2, -0.15) is 0 Å². The van der Waals surface area contributed by atoms with Gasteiger partial charge < -0.3 is 9.32 Å². The number of para-hydroxylation sites is 1. The summed E-state index contributed by atoms with van der Waals surface area (Å²) in [5.74, 6) is -0.413. The molecule has 3 heterocycles. The van der Waals surface area contributed by atoms with Crippen LogP contribution in [-0.4, -0.2) is 29.2 Å². The van der Waals surface area contributed by atoms with E-state index in [1.807, 2.05) is 24.3 Å². The van der Waals surface area contributed by atoms with Crippen LogP contribution in [0.25, 0.3) is 0 Å². The SMILES string of the molecule is O=C1c2ccc(C(=O)N3CCCc4ccccc43)cc2C(=O)N1Cc1ccco1. The molecule has 1 aromatic heterocycles. The molecule has 0 N–H and O–H groups in total. The van der Waals surface area contributed by atoms with E-state index in [0.717, 1.165) is 29.0 Å². The fraction of sp³-hybridized carbons (Fsp3) is 0.174. The molecule has 29 heavy (non-hydrogen) atoms. The van der Waals surface area contributed by atoms with Crippen LogP contribution in [0.3, 0.4) is 0 Å². The van der Waals surface area contributed by atoms with Crippen molar-refractivity contribution >= 4 is 23.4 Å². The highest BCUT2D eigenvalue weighted by molar-refractivity contribution is 6.22. The number of furan rings is 1. The van der Waals surface area contributed by atoms with Crippen molar-refractivity contribution in [3.63, 3.8) is 0 Å². The molecule has 0 saturated heterocycles. The molecule has 0 fully saturated rings. The van der Waals surface area contributed by atoms with Crippen LogP contribution in [0.5, 0.6) is 0 Å². The minimum atomic E-state index is -0.407. The molecule has 2 aromatic carbocycles. The molecule has 0 aliphatic carbocycles. The number of nitrogens with zero attached hydrogens (tertiary/aromatic N) is 2. The summed E-state index contributed by atoms with van der Waals surface area (Å²) in [6.45, 7) is 0.701. The second-order valence-corrected chi connectivity index (χ2v) is 7.23. The molecule has 0 radical (unpaired) electrons. The number of fused-ring (bicyclic) bond motifs is 2. The molecule has 144 valence electrons. The van der Waals surface area contributed by atoms with Crippen molar-refractivity contribution in [2.24, 2.45) is 0 Å². The molecule has 6 heteroatoms. The van der Waals surface area contributed by atoms with E-state index in [2.05, 4.69) is 0 Å². The topological polar surface area (TPSA) is 70.8 Å². The summed E-state index contributed by atoms with van der Waals surface area (Å²) < 4.78 is 5.26. The van der Waals surface area contributed by atoms with E-state index < -0.39 is 5.91 Å². The third-order valence-corrected chi connectivity index (χ3v) is 5.47. The van der Waals surface area contributed by atoms with Gasteiger partial charge in [0.05, 0.1) is 23.9 Å². The van der Waals surface area contributed by atoms with Crippen molar-refractivity contribution in [3.8, 4) is 0 Å². The molecule has 0 saturated carbocycles. The molecule has 5 rings (SSSR count). The van der Waals surface area contributed by atoms with Gasteiger partial charge in [0.1, 0.15) is 5.76 Å². The molecule has 6 nitrogen and oxygen atoms in total. The highest BCUT2D eigenvalue weighted by atomic mass is 16.3. The summed E-state index contributed by atoms with van der Waals surface area (Å²) in [4.78, 5) is 41.6. The van der Waals surface area contributed by atoms with E-state index in [1.165, 1.54) is 12.3 Å². The summed E-state index contributed by atoms with van der Waals surface area (Å²) in [5, 5.41) is 0. The number of aryl methyl sites for hydroxylation is 1.